The molecule has 3 nitrogen and oxygen atoms in total. The van der Waals surface area contributed by atoms with Crippen LogP contribution in [0.2, 0.25) is 0 Å². The molecular weight excluding hydrogens is 212 g/mol. The summed E-state index contributed by atoms with van der Waals surface area (Å²) in [4.78, 5) is 7.01. The zero-order chi connectivity index (χ0) is 11.7. The fraction of sp³-hybridized carbons (Fsp3) is 0.357. The number of hydrogen-bond acceptors (Lipinski definition) is 2. The van der Waals surface area contributed by atoms with Crippen molar-refractivity contribution in [3.63, 3.8) is 0 Å². The number of benzene rings is 1. The average Bonchev–Trinajstić information content (AvgIpc) is 2.80. The highest BCUT2D eigenvalue weighted by atomic mass is 16.3. The maximum absolute atomic E-state index is 10.1. The molecule has 17 heavy (non-hydrogen) atoms. The lowest BCUT2D eigenvalue weighted by Gasteiger charge is -2.26. The van der Waals surface area contributed by atoms with E-state index in [1.54, 1.807) is 12.4 Å². The van der Waals surface area contributed by atoms with Crippen molar-refractivity contribution in [2.24, 2.45) is 0 Å². The topological polar surface area (TPSA) is 48.9 Å². The molecule has 0 saturated heterocycles. The second-order valence-corrected chi connectivity index (χ2v) is 4.67. The van der Waals surface area contributed by atoms with Crippen molar-refractivity contribution in [2.45, 2.75) is 31.3 Å². The fourth-order valence-electron chi connectivity index (χ4n) is 2.28. The summed E-state index contributed by atoms with van der Waals surface area (Å²) >= 11 is 0. The van der Waals surface area contributed by atoms with Gasteiger partial charge in [-0.25, -0.2) is 4.98 Å². The second-order valence-electron chi connectivity index (χ2n) is 4.67. The molecule has 2 aromatic rings. The molecule has 1 unspecified atom stereocenters. The lowest BCUT2D eigenvalue weighted by molar-refractivity contribution is 0.211. The number of rotatable bonds is 3. The minimum Gasteiger partial charge on any atom is -0.380 e. The van der Waals surface area contributed by atoms with Gasteiger partial charge in [0.15, 0.2) is 0 Å². The van der Waals surface area contributed by atoms with Gasteiger partial charge in [0.1, 0.15) is 11.9 Å². The minimum atomic E-state index is -0.652. The largest absolute Gasteiger partial charge is 0.380 e. The number of nitrogens with zero attached hydrogens (tertiary/aromatic N) is 1. The van der Waals surface area contributed by atoms with Crippen LogP contribution in [-0.4, -0.2) is 15.1 Å². The molecule has 1 aromatic carbocycles. The van der Waals surface area contributed by atoms with Crippen LogP contribution in [0.25, 0.3) is 0 Å². The molecule has 1 saturated carbocycles. The maximum atomic E-state index is 10.1. The van der Waals surface area contributed by atoms with Crippen LogP contribution in [0.5, 0.6) is 0 Å². The maximum Gasteiger partial charge on any atom is 0.139 e. The molecule has 1 heterocycles. The summed E-state index contributed by atoms with van der Waals surface area (Å²) in [6.07, 6.45) is 6.69. The van der Waals surface area contributed by atoms with E-state index in [0.717, 1.165) is 11.5 Å². The molecule has 0 radical (unpaired) electrons. The minimum absolute atomic E-state index is 0.599. The Morgan fingerprint density at radius 1 is 1.24 bits per heavy atom. The number of aliphatic hydroxyl groups excluding tert-OH is 1. The zero-order valence-corrected chi connectivity index (χ0v) is 9.63. The van der Waals surface area contributed by atoms with E-state index in [4.69, 9.17) is 0 Å². The fourth-order valence-corrected chi connectivity index (χ4v) is 2.28. The molecule has 3 rings (SSSR count). The van der Waals surface area contributed by atoms with Crippen LogP contribution in [0.4, 0.5) is 0 Å². The van der Waals surface area contributed by atoms with E-state index >= 15 is 0 Å². The Kier molecular flexibility index (Phi) is 2.69. The molecule has 1 aliphatic rings. The van der Waals surface area contributed by atoms with Gasteiger partial charge in [0, 0.05) is 12.4 Å². The van der Waals surface area contributed by atoms with Crippen molar-refractivity contribution >= 4 is 0 Å². The summed E-state index contributed by atoms with van der Waals surface area (Å²) < 4.78 is 0. The third kappa shape index (κ3) is 1.98. The zero-order valence-electron chi connectivity index (χ0n) is 9.63. The van der Waals surface area contributed by atoms with Crippen LogP contribution in [0.1, 0.15) is 48.2 Å². The van der Waals surface area contributed by atoms with E-state index in [0.29, 0.717) is 5.82 Å². The molecule has 1 fully saturated rings. The smallest absolute Gasteiger partial charge is 0.139 e. The Morgan fingerprint density at radius 2 is 2.00 bits per heavy atom. The first-order chi connectivity index (χ1) is 8.34. The van der Waals surface area contributed by atoms with Crippen LogP contribution in [0, 0.1) is 0 Å². The van der Waals surface area contributed by atoms with Gasteiger partial charge in [-0.1, -0.05) is 30.7 Å². The molecule has 88 valence electrons. The van der Waals surface area contributed by atoms with Gasteiger partial charge in [0.25, 0.3) is 0 Å². The molecule has 1 aliphatic carbocycles. The third-order valence-electron chi connectivity index (χ3n) is 3.61. The van der Waals surface area contributed by atoms with Gasteiger partial charge in [-0.05, 0) is 29.9 Å². The van der Waals surface area contributed by atoms with Crippen LogP contribution >= 0.6 is 0 Å². The third-order valence-corrected chi connectivity index (χ3v) is 3.61. The van der Waals surface area contributed by atoms with Gasteiger partial charge in [0.2, 0.25) is 0 Å². The van der Waals surface area contributed by atoms with Gasteiger partial charge in [-0.15, -0.1) is 0 Å². The van der Waals surface area contributed by atoms with Crippen molar-refractivity contribution in [1.29, 1.82) is 0 Å². The van der Waals surface area contributed by atoms with Gasteiger partial charge in [0.05, 0.1) is 0 Å². The number of aliphatic hydroxyl groups is 1. The first-order valence-electron chi connectivity index (χ1n) is 6.12. The Labute approximate surface area is 101 Å². The Balaban J connectivity index is 1.79. The summed E-state index contributed by atoms with van der Waals surface area (Å²) in [5.74, 6) is 1.34. The molecule has 0 bridgehead atoms. The highest BCUT2D eigenvalue weighted by Crippen LogP contribution is 2.36. The van der Waals surface area contributed by atoms with Crippen molar-refractivity contribution in [3.8, 4) is 0 Å². The summed E-state index contributed by atoms with van der Waals surface area (Å²) in [6, 6.07) is 8.26. The molecule has 0 amide bonds. The van der Waals surface area contributed by atoms with Crippen LogP contribution in [0.3, 0.4) is 0 Å². The standard InChI is InChI=1S/C14H16N2O/c17-13(14-15-8-9-16-14)12-6-4-11(5-7-12)10-2-1-3-10/h4-10,13,17H,1-3H2,(H,15,16). The highest BCUT2D eigenvalue weighted by molar-refractivity contribution is 5.30. The van der Waals surface area contributed by atoms with E-state index in [1.807, 2.05) is 12.1 Å². The quantitative estimate of drug-likeness (QED) is 0.848. The highest BCUT2D eigenvalue weighted by Gasteiger charge is 2.20. The summed E-state index contributed by atoms with van der Waals surface area (Å²) in [6.45, 7) is 0. The van der Waals surface area contributed by atoms with Gasteiger partial charge < -0.3 is 10.1 Å². The molecule has 1 atom stereocenters. The average molecular weight is 228 g/mol. The first-order valence-corrected chi connectivity index (χ1v) is 6.12. The summed E-state index contributed by atoms with van der Waals surface area (Å²) in [7, 11) is 0. The number of aromatic nitrogens is 2. The predicted molar refractivity (Wildman–Crippen MR) is 65.7 cm³/mol. The van der Waals surface area contributed by atoms with E-state index in [2.05, 4.69) is 22.1 Å². The van der Waals surface area contributed by atoms with E-state index in [9.17, 15) is 5.11 Å². The lowest BCUT2D eigenvalue weighted by atomic mass is 9.80. The summed E-state index contributed by atoms with van der Waals surface area (Å²) in [5, 5.41) is 10.1. The van der Waals surface area contributed by atoms with Gasteiger partial charge in [-0.3, -0.25) is 0 Å². The molecule has 2 N–H and O–H groups in total. The number of imidazole rings is 1. The Hall–Kier alpha value is -1.61. The van der Waals surface area contributed by atoms with Crippen LogP contribution in [-0.2, 0) is 0 Å². The second kappa shape index (κ2) is 4.34. The Morgan fingerprint density at radius 3 is 2.53 bits per heavy atom. The lowest BCUT2D eigenvalue weighted by Crippen LogP contribution is -2.09. The number of H-pyrrole nitrogens is 1. The molecular formula is C14H16N2O. The van der Waals surface area contributed by atoms with E-state index < -0.39 is 6.10 Å². The number of hydrogen-bond donors (Lipinski definition) is 2. The van der Waals surface area contributed by atoms with Crippen molar-refractivity contribution in [2.75, 3.05) is 0 Å². The summed E-state index contributed by atoms with van der Waals surface area (Å²) in [5.41, 5.74) is 2.29. The number of nitrogens with one attached hydrogen (secondary N) is 1. The SMILES string of the molecule is OC(c1ccc(C2CCC2)cc1)c1ncc[nH]1. The Bertz CT molecular complexity index is 471. The van der Waals surface area contributed by atoms with Crippen molar-refractivity contribution in [1.82, 2.24) is 9.97 Å². The van der Waals surface area contributed by atoms with Crippen LogP contribution in [0.15, 0.2) is 36.7 Å². The van der Waals surface area contributed by atoms with Gasteiger partial charge >= 0.3 is 0 Å². The predicted octanol–water partition coefficient (Wildman–Crippen LogP) is 2.76. The normalized spacial score (nSPS) is 17.7. The van der Waals surface area contributed by atoms with E-state index in [-0.39, 0.29) is 0 Å². The monoisotopic (exact) mass is 228 g/mol. The van der Waals surface area contributed by atoms with Gasteiger partial charge in [-0.2, -0.15) is 0 Å². The van der Waals surface area contributed by atoms with Crippen molar-refractivity contribution < 1.29 is 5.11 Å². The van der Waals surface area contributed by atoms with Crippen molar-refractivity contribution in [3.05, 3.63) is 53.6 Å². The molecule has 0 spiro atoms. The van der Waals surface area contributed by atoms with E-state index in [1.165, 1.54) is 24.8 Å². The molecule has 0 aliphatic heterocycles. The molecule has 1 aromatic heterocycles. The first kappa shape index (κ1) is 10.5. The number of aromatic amines is 1. The molecule has 3 heteroatoms. The van der Waals surface area contributed by atoms with Crippen LogP contribution < -0.4 is 0 Å².